The van der Waals surface area contributed by atoms with E-state index in [0.717, 1.165) is 24.0 Å². The normalized spacial score (nSPS) is 13.6. The average molecular weight is 584 g/mol. The second-order valence-electron chi connectivity index (χ2n) is 11.0. The van der Waals surface area contributed by atoms with Crippen LogP contribution in [0.4, 0.5) is 16.2 Å². The topological polar surface area (TPSA) is 125 Å². The van der Waals surface area contributed by atoms with Gasteiger partial charge < -0.3 is 35.3 Å². The van der Waals surface area contributed by atoms with Gasteiger partial charge in [0.25, 0.3) is 5.91 Å². The Kier molecular flexibility index (Phi) is 9.26. The van der Waals surface area contributed by atoms with Crippen molar-refractivity contribution < 1.29 is 24.2 Å². The summed E-state index contributed by atoms with van der Waals surface area (Å²) in [5, 5.41) is 18.9. The number of nitrogens with one attached hydrogen (secondary N) is 3. The lowest BCUT2D eigenvalue weighted by Gasteiger charge is -2.26. The molecule has 1 saturated heterocycles. The third kappa shape index (κ3) is 7.72. The quantitative estimate of drug-likeness (QED) is 0.171. The number of hydrogen-bond donors (Lipinski definition) is 4. The number of rotatable bonds is 10. The van der Waals surface area contributed by atoms with Crippen LogP contribution in [0.5, 0.6) is 11.5 Å². The molecule has 1 fully saturated rings. The molecular weight excluding hydrogens is 546 g/mol. The maximum absolute atomic E-state index is 13.0. The number of hydrogen-bond acceptors (Lipinski definition) is 5. The van der Waals surface area contributed by atoms with E-state index < -0.39 is 12.0 Å². The zero-order valence-electron chi connectivity index (χ0n) is 24.4. The summed E-state index contributed by atoms with van der Waals surface area (Å²) in [6.45, 7) is 7.95. The zero-order valence-corrected chi connectivity index (χ0v) is 24.4. The first kappa shape index (κ1) is 29.7. The molecule has 0 radical (unpaired) electrons. The van der Waals surface area contributed by atoms with E-state index >= 15 is 0 Å². The minimum absolute atomic E-state index is 0.0649. The summed E-state index contributed by atoms with van der Waals surface area (Å²) < 4.78 is 8.07. The smallest absolute Gasteiger partial charge is 0.339 e. The Balaban J connectivity index is 1.20. The van der Waals surface area contributed by atoms with Crippen molar-refractivity contribution in [3.63, 3.8) is 0 Å². The van der Waals surface area contributed by atoms with E-state index in [1.54, 1.807) is 30.3 Å². The molecule has 3 aromatic carbocycles. The van der Waals surface area contributed by atoms with Crippen molar-refractivity contribution in [3.05, 3.63) is 84.1 Å². The van der Waals surface area contributed by atoms with Crippen LogP contribution < -0.4 is 20.7 Å². The number of carbonyl (C=O) groups excluding carboxylic acids is 2. The number of amides is 3. The number of ether oxygens (including phenoxy) is 1. The highest BCUT2D eigenvalue weighted by Crippen LogP contribution is 2.29. The molecule has 1 aromatic heterocycles. The van der Waals surface area contributed by atoms with Gasteiger partial charge in [-0.1, -0.05) is 6.42 Å². The number of likely N-dealkylation sites (tertiary alicyclic amines) is 1. The van der Waals surface area contributed by atoms with Crippen molar-refractivity contribution in [1.29, 1.82) is 0 Å². The molecule has 224 valence electrons. The highest BCUT2D eigenvalue weighted by molar-refractivity contribution is 6.06. The first-order chi connectivity index (χ1) is 20.7. The van der Waals surface area contributed by atoms with Crippen LogP contribution in [0.1, 0.15) is 53.8 Å². The number of aromatic carboxylic acids is 1. The summed E-state index contributed by atoms with van der Waals surface area (Å²) in [5.41, 5.74) is 2.47. The fourth-order valence-corrected chi connectivity index (χ4v) is 5.20. The summed E-state index contributed by atoms with van der Waals surface area (Å²) in [7, 11) is 0. The van der Waals surface area contributed by atoms with E-state index in [2.05, 4.69) is 31.6 Å². The third-order valence-corrected chi connectivity index (χ3v) is 7.37. The number of nitrogens with zero attached hydrogens (tertiary/aromatic N) is 2. The van der Waals surface area contributed by atoms with Gasteiger partial charge in [-0.3, -0.25) is 4.79 Å². The third-order valence-electron chi connectivity index (χ3n) is 7.37. The molecule has 10 nitrogen and oxygen atoms in total. The Morgan fingerprint density at radius 2 is 1.60 bits per heavy atom. The Hall–Kier alpha value is -4.83. The number of fused-ring (bicyclic) bond motifs is 1. The van der Waals surface area contributed by atoms with Crippen molar-refractivity contribution in [3.8, 4) is 11.5 Å². The van der Waals surface area contributed by atoms with Crippen LogP contribution in [-0.4, -0.2) is 58.2 Å². The van der Waals surface area contributed by atoms with Crippen molar-refractivity contribution >= 4 is 40.2 Å². The van der Waals surface area contributed by atoms with Crippen molar-refractivity contribution in [2.45, 2.75) is 45.7 Å². The zero-order chi connectivity index (χ0) is 30.3. The van der Waals surface area contributed by atoms with Crippen LogP contribution in [0.25, 0.3) is 10.9 Å². The number of anilines is 2. The van der Waals surface area contributed by atoms with E-state index in [1.165, 1.54) is 44.5 Å². The van der Waals surface area contributed by atoms with Crippen LogP contribution in [0.3, 0.4) is 0 Å². The average Bonchev–Trinajstić information content (AvgIpc) is 3.40. The van der Waals surface area contributed by atoms with Gasteiger partial charge in [-0.15, -0.1) is 0 Å². The Morgan fingerprint density at radius 3 is 2.33 bits per heavy atom. The van der Waals surface area contributed by atoms with E-state index in [9.17, 15) is 19.5 Å². The lowest BCUT2D eigenvalue weighted by molar-refractivity contribution is 0.0694. The summed E-state index contributed by atoms with van der Waals surface area (Å²) in [4.78, 5) is 39.4. The molecule has 1 aliphatic rings. The first-order valence-electron chi connectivity index (χ1n) is 14.6. The minimum atomic E-state index is -1.19. The molecule has 1 aliphatic heterocycles. The predicted molar refractivity (Wildman–Crippen MR) is 167 cm³/mol. The molecule has 0 unspecified atom stereocenters. The minimum Gasteiger partial charge on any atom is -0.478 e. The summed E-state index contributed by atoms with van der Waals surface area (Å²) >= 11 is 0. The second-order valence-corrected chi connectivity index (χ2v) is 11.0. The molecule has 0 spiro atoms. The number of piperidine rings is 1. The fourth-order valence-electron chi connectivity index (χ4n) is 5.20. The second kappa shape index (κ2) is 13.4. The van der Waals surface area contributed by atoms with Gasteiger partial charge in [-0.2, -0.15) is 0 Å². The van der Waals surface area contributed by atoms with Crippen LogP contribution in [0, 0.1) is 0 Å². The number of carboxylic acid groups (broad SMARTS) is 1. The maximum Gasteiger partial charge on any atom is 0.339 e. The summed E-state index contributed by atoms with van der Waals surface area (Å²) in [6, 6.07) is 18.4. The number of urea groups is 1. The van der Waals surface area contributed by atoms with Crippen LogP contribution in [0.2, 0.25) is 0 Å². The molecule has 2 heterocycles. The highest BCUT2D eigenvalue weighted by atomic mass is 16.5. The molecule has 0 saturated carbocycles. The Labute approximate surface area is 250 Å². The first-order valence-corrected chi connectivity index (χ1v) is 14.6. The van der Waals surface area contributed by atoms with E-state index in [0.29, 0.717) is 22.7 Å². The van der Waals surface area contributed by atoms with Crippen molar-refractivity contribution in [2.24, 2.45) is 0 Å². The van der Waals surface area contributed by atoms with Crippen molar-refractivity contribution in [1.82, 2.24) is 14.8 Å². The fraction of sp³-hybridized carbons (Fsp3) is 0.303. The highest BCUT2D eigenvalue weighted by Gasteiger charge is 2.16. The summed E-state index contributed by atoms with van der Waals surface area (Å²) in [6.07, 6.45) is 5.96. The molecule has 0 atom stereocenters. The number of benzene rings is 3. The molecule has 4 N–H and O–H groups in total. The molecule has 0 bridgehead atoms. The Morgan fingerprint density at radius 1 is 0.860 bits per heavy atom. The number of aromatic nitrogens is 1. The summed E-state index contributed by atoms with van der Waals surface area (Å²) in [5.74, 6) is -0.906. The van der Waals surface area contributed by atoms with Gasteiger partial charge >= 0.3 is 12.0 Å². The number of carbonyl (C=O) groups is 3. The van der Waals surface area contributed by atoms with Crippen LogP contribution >= 0.6 is 0 Å². The molecule has 3 amide bonds. The lowest BCUT2D eigenvalue weighted by atomic mass is 10.1. The lowest BCUT2D eigenvalue weighted by Crippen LogP contribution is -2.34. The van der Waals surface area contributed by atoms with Gasteiger partial charge in [-0.25, -0.2) is 9.59 Å². The molecule has 43 heavy (non-hydrogen) atoms. The van der Waals surface area contributed by atoms with Crippen molar-refractivity contribution in [2.75, 3.05) is 30.3 Å². The van der Waals surface area contributed by atoms with Gasteiger partial charge in [0.15, 0.2) is 0 Å². The predicted octanol–water partition coefficient (Wildman–Crippen LogP) is 6.40. The molecule has 5 rings (SSSR count). The Bertz CT molecular complexity index is 1610. The van der Waals surface area contributed by atoms with E-state index in [-0.39, 0.29) is 23.3 Å². The van der Waals surface area contributed by atoms with Gasteiger partial charge in [0.2, 0.25) is 0 Å². The van der Waals surface area contributed by atoms with Crippen LogP contribution in [-0.2, 0) is 6.54 Å². The standard InChI is InChI=1S/C33H37N5O5/c1-22(2)34-33(42)36-26-9-13-30(28(21-26)32(40)41)43-27-10-7-25(8-11-27)35-31(39)24-6-12-29-23(20-24)14-17-38(29)19-18-37-15-4-3-5-16-37/h6-14,17,20-22H,3-5,15-16,18-19H2,1-2H3,(H,35,39)(H,40,41)(H2,34,36,42). The molecular formula is C33H37N5O5. The largest absolute Gasteiger partial charge is 0.478 e. The van der Waals surface area contributed by atoms with Gasteiger partial charge in [0, 0.05) is 53.2 Å². The van der Waals surface area contributed by atoms with E-state index in [4.69, 9.17) is 4.74 Å². The molecule has 0 aliphatic carbocycles. The SMILES string of the molecule is CC(C)NC(=O)Nc1ccc(Oc2ccc(NC(=O)c3ccc4c(ccn4CCN4CCCCC4)c3)cc2)c(C(=O)O)c1. The monoisotopic (exact) mass is 583 g/mol. The van der Waals surface area contributed by atoms with Crippen LogP contribution in [0.15, 0.2) is 72.9 Å². The maximum atomic E-state index is 13.0. The molecule has 4 aromatic rings. The molecule has 10 heteroatoms. The van der Waals surface area contributed by atoms with Gasteiger partial charge in [-0.05, 0) is 107 Å². The van der Waals surface area contributed by atoms with Gasteiger partial charge in [0.05, 0.1) is 0 Å². The van der Waals surface area contributed by atoms with E-state index in [1.807, 2.05) is 38.1 Å². The number of carboxylic acids is 1. The van der Waals surface area contributed by atoms with Gasteiger partial charge in [0.1, 0.15) is 17.1 Å².